The Morgan fingerprint density at radius 1 is 1.05 bits per heavy atom. The van der Waals surface area contributed by atoms with E-state index >= 15 is 0 Å². The average molecular weight is 519 g/mol. The van der Waals surface area contributed by atoms with E-state index in [-0.39, 0.29) is 24.9 Å². The number of hydrogen-bond donors (Lipinski definition) is 3. The highest BCUT2D eigenvalue weighted by molar-refractivity contribution is 5.94. The maximum atomic E-state index is 12.4. The molecule has 0 bridgehead atoms. The van der Waals surface area contributed by atoms with Crippen LogP contribution in [0.4, 0.5) is 5.69 Å². The standard InChI is InChI=1S/C31H42N4O3/c1-3-4-6-11-22(2)35-27-15-10-9-14-26(27)30(34-35)29(23-12-7-5-8-13-23)33-25-18-16-24(17-19-25)31(38)32-21-20-28(36)37/h9-10,14-19,22-23,29,33H,3-8,11-13,20-21H2,1-2H3,(H,32,38)(H,36,37). The summed E-state index contributed by atoms with van der Waals surface area (Å²) in [5, 5.41) is 21.8. The van der Waals surface area contributed by atoms with Crippen LogP contribution in [0.1, 0.15) is 106 Å². The van der Waals surface area contributed by atoms with Gasteiger partial charge in [-0.15, -0.1) is 0 Å². The number of para-hydroxylation sites is 1. The van der Waals surface area contributed by atoms with Gasteiger partial charge in [0.2, 0.25) is 0 Å². The van der Waals surface area contributed by atoms with Crippen molar-refractivity contribution in [2.24, 2.45) is 5.92 Å². The zero-order valence-corrected chi connectivity index (χ0v) is 22.8. The number of aliphatic carboxylic acids is 1. The van der Waals surface area contributed by atoms with Crippen molar-refractivity contribution in [2.45, 2.75) is 90.1 Å². The minimum Gasteiger partial charge on any atom is -0.481 e. The predicted molar refractivity (Wildman–Crippen MR) is 153 cm³/mol. The molecule has 2 aromatic carbocycles. The normalized spacial score (nSPS) is 15.7. The number of aromatic nitrogens is 2. The Kier molecular flexibility index (Phi) is 9.79. The van der Waals surface area contributed by atoms with Gasteiger partial charge in [0.15, 0.2) is 0 Å². The molecule has 3 N–H and O–H groups in total. The molecule has 1 amide bonds. The van der Waals surface area contributed by atoms with Gasteiger partial charge in [-0.1, -0.05) is 63.6 Å². The van der Waals surface area contributed by atoms with E-state index in [1.807, 2.05) is 12.1 Å². The Hall–Kier alpha value is -3.35. The summed E-state index contributed by atoms with van der Waals surface area (Å²) in [7, 11) is 0. The van der Waals surface area contributed by atoms with Crippen LogP contribution >= 0.6 is 0 Å². The number of carboxylic acids is 1. The molecule has 204 valence electrons. The molecule has 1 aromatic heterocycles. The highest BCUT2D eigenvalue weighted by Gasteiger charge is 2.30. The van der Waals surface area contributed by atoms with Gasteiger partial charge in [-0.05, 0) is 62.4 Å². The van der Waals surface area contributed by atoms with Crippen LogP contribution < -0.4 is 10.6 Å². The van der Waals surface area contributed by atoms with Gasteiger partial charge in [-0.3, -0.25) is 14.3 Å². The number of carbonyl (C=O) groups excluding carboxylic acids is 1. The minimum atomic E-state index is -0.927. The van der Waals surface area contributed by atoms with Crippen molar-refractivity contribution < 1.29 is 14.7 Å². The molecule has 1 aliphatic carbocycles. The van der Waals surface area contributed by atoms with Crippen LogP contribution in [-0.4, -0.2) is 33.3 Å². The van der Waals surface area contributed by atoms with E-state index in [4.69, 9.17) is 10.2 Å². The van der Waals surface area contributed by atoms with Crippen molar-refractivity contribution in [3.8, 4) is 0 Å². The lowest BCUT2D eigenvalue weighted by molar-refractivity contribution is -0.136. The maximum Gasteiger partial charge on any atom is 0.305 e. The zero-order chi connectivity index (χ0) is 26.9. The smallest absolute Gasteiger partial charge is 0.305 e. The second kappa shape index (κ2) is 13.4. The van der Waals surface area contributed by atoms with Gasteiger partial charge in [0.25, 0.3) is 5.91 Å². The lowest BCUT2D eigenvalue weighted by atomic mass is 9.82. The van der Waals surface area contributed by atoms with Crippen molar-refractivity contribution in [3.63, 3.8) is 0 Å². The summed E-state index contributed by atoms with van der Waals surface area (Å²) in [5.41, 5.74) is 3.79. The Bertz CT molecular complexity index is 1200. The largest absolute Gasteiger partial charge is 0.481 e. The predicted octanol–water partition coefficient (Wildman–Crippen LogP) is 7.12. The molecule has 1 saturated carbocycles. The van der Waals surface area contributed by atoms with E-state index in [0.29, 0.717) is 17.5 Å². The highest BCUT2D eigenvalue weighted by Crippen LogP contribution is 2.39. The van der Waals surface area contributed by atoms with Crippen LogP contribution in [0.5, 0.6) is 0 Å². The van der Waals surface area contributed by atoms with E-state index in [1.54, 1.807) is 12.1 Å². The molecule has 2 unspecified atom stereocenters. The molecule has 0 saturated heterocycles. The molecule has 4 rings (SSSR count). The Morgan fingerprint density at radius 3 is 2.50 bits per heavy atom. The molecule has 3 aromatic rings. The van der Waals surface area contributed by atoms with E-state index in [0.717, 1.165) is 17.8 Å². The number of carboxylic acid groups (broad SMARTS) is 1. The van der Waals surface area contributed by atoms with E-state index in [2.05, 4.69) is 53.4 Å². The molecule has 7 heteroatoms. The first-order valence-corrected chi connectivity index (χ1v) is 14.3. The van der Waals surface area contributed by atoms with E-state index in [9.17, 15) is 9.59 Å². The number of benzene rings is 2. The van der Waals surface area contributed by atoms with Crippen molar-refractivity contribution in [3.05, 3.63) is 59.8 Å². The number of nitrogens with zero attached hydrogens (tertiary/aromatic N) is 2. The topological polar surface area (TPSA) is 96.3 Å². The highest BCUT2D eigenvalue weighted by atomic mass is 16.4. The van der Waals surface area contributed by atoms with Crippen LogP contribution in [0, 0.1) is 5.92 Å². The second-order valence-corrected chi connectivity index (χ2v) is 10.7. The molecule has 38 heavy (non-hydrogen) atoms. The molecular weight excluding hydrogens is 476 g/mol. The number of carbonyl (C=O) groups is 2. The van der Waals surface area contributed by atoms with Gasteiger partial charge in [0.05, 0.1) is 23.7 Å². The summed E-state index contributed by atoms with van der Waals surface area (Å²) in [6, 6.07) is 16.5. The van der Waals surface area contributed by atoms with Crippen molar-refractivity contribution >= 4 is 28.5 Å². The van der Waals surface area contributed by atoms with Crippen LogP contribution in [0.25, 0.3) is 10.9 Å². The molecule has 0 spiro atoms. The minimum absolute atomic E-state index is 0.0829. The summed E-state index contributed by atoms with van der Waals surface area (Å²) in [4.78, 5) is 23.1. The Labute approximate surface area is 226 Å². The van der Waals surface area contributed by atoms with Crippen LogP contribution in [-0.2, 0) is 4.79 Å². The van der Waals surface area contributed by atoms with Gasteiger partial charge >= 0.3 is 5.97 Å². The molecule has 1 heterocycles. The third-order valence-corrected chi connectivity index (χ3v) is 7.79. The molecule has 7 nitrogen and oxygen atoms in total. The molecule has 1 fully saturated rings. The zero-order valence-electron chi connectivity index (χ0n) is 22.8. The van der Waals surface area contributed by atoms with Crippen LogP contribution in [0.2, 0.25) is 0 Å². The average Bonchev–Trinajstić information content (AvgIpc) is 3.32. The van der Waals surface area contributed by atoms with E-state index in [1.165, 1.54) is 62.3 Å². The van der Waals surface area contributed by atoms with E-state index < -0.39 is 5.97 Å². The summed E-state index contributed by atoms with van der Waals surface area (Å²) >= 11 is 0. The summed E-state index contributed by atoms with van der Waals surface area (Å²) < 4.78 is 2.24. The third-order valence-electron chi connectivity index (χ3n) is 7.79. The van der Waals surface area contributed by atoms with Crippen molar-refractivity contribution in [2.75, 3.05) is 11.9 Å². The summed E-state index contributed by atoms with van der Waals surface area (Å²) in [6.07, 6.45) is 10.8. The number of hydrogen-bond acceptors (Lipinski definition) is 4. The molecule has 2 atom stereocenters. The SMILES string of the molecule is CCCCCC(C)n1nc(C(Nc2ccc(C(=O)NCCC(=O)O)cc2)C2CCCCC2)c2ccccc21. The lowest BCUT2D eigenvalue weighted by Crippen LogP contribution is -2.26. The number of anilines is 1. The van der Waals surface area contributed by atoms with Crippen LogP contribution in [0.15, 0.2) is 48.5 Å². The molecule has 1 aliphatic rings. The number of fused-ring (bicyclic) bond motifs is 1. The van der Waals surface area contributed by atoms with Gasteiger partial charge in [0.1, 0.15) is 0 Å². The number of amides is 1. The fourth-order valence-corrected chi connectivity index (χ4v) is 5.65. The Balaban J connectivity index is 1.59. The Morgan fingerprint density at radius 2 is 1.79 bits per heavy atom. The molecule has 0 aliphatic heterocycles. The molecular formula is C31H42N4O3. The van der Waals surface area contributed by atoms with Crippen molar-refractivity contribution in [1.82, 2.24) is 15.1 Å². The first kappa shape index (κ1) is 27.7. The maximum absolute atomic E-state index is 12.4. The van der Waals surface area contributed by atoms with Gasteiger partial charge in [-0.2, -0.15) is 5.10 Å². The number of nitrogens with one attached hydrogen (secondary N) is 2. The second-order valence-electron chi connectivity index (χ2n) is 10.7. The van der Waals surface area contributed by atoms with Crippen LogP contribution in [0.3, 0.4) is 0 Å². The quantitative estimate of drug-likeness (QED) is 0.209. The fourth-order valence-electron chi connectivity index (χ4n) is 5.65. The van der Waals surface area contributed by atoms with Gasteiger partial charge in [0, 0.05) is 29.2 Å². The lowest BCUT2D eigenvalue weighted by Gasteiger charge is -2.31. The van der Waals surface area contributed by atoms with Crippen molar-refractivity contribution in [1.29, 1.82) is 0 Å². The number of rotatable bonds is 13. The molecule has 0 radical (unpaired) electrons. The number of unbranched alkanes of at least 4 members (excludes halogenated alkanes) is 2. The first-order valence-electron chi connectivity index (χ1n) is 14.3. The van der Waals surface area contributed by atoms with Gasteiger partial charge < -0.3 is 15.7 Å². The first-order chi connectivity index (χ1) is 18.5. The van der Waals surface area contributed by atoms with Gasteiger partial charge in [-0.25, -0.2) is 0 Å². The third kappa shape index (κ3) is 6.94. The summed E-state index contributed by atoms with van der Waals surface area (Å²) in [6.45, 7) is 4.64. The monoisotopic (exact) mass is 518 g/mol. The summed E-state index contributed by atoms with van der Waals surface area (Å²) in [5.74, 6) is -0.697. The fraction of sp³-hybridized carbons (Fsp3) is 0.516.